The average Bonchev–Trinajstić information content (AvgIpc) is 2.53. The van der Waals surface area contributed by atoms with E-state index in [1.54, 1.807) is 0 Å². The zero-order valence-corrected chi connectivity index (χ0v) is 15.1. The number of rotatable bonds is 14. The maximum Gasteiger partial charge on any atom is 0.327 e. The van der Waals surface area contributed by atoms with Gasteiger partial charge in [0, 0.05) is 12.5 Å². The lowest BCUT2D eigenvalue weighted by molar-refractivity contribution is -0.143. The second-order valence-electron chi connectivity index (χ2n) is 5.63. The molecule has 0 radical (unpaired) electrons. The summed E-state index contributed by atoms with van der Waals surface area (Å²) in [5, 5.41) is 7.60. The first kappa shape index (κ1) is 23.9. The molecule has 23 heavy (non-hydrogen) atoms. The fourth-order valence-electron chi connectivity index (χ4n) is 2.17. The summed E-state index contributed by atoms with van der Waals surface area (Å²) in [6.45, 7) is 7.59. The van der Waals surface area contributed by atoms with Gasteiger partial charge in [-0.05, 0) is 13.3 Å². The van der Waals surface area contributed by atoms with Crippen LogP contribution in [0.4, 0.5) is 0 Å². The largest absolute Gasteiger partial charge is 0.478 e. The number of ether oxygens (including phenoxy) is 1. The number of hydrogen-bond acceptors (Lipinski definition) is 3. The monoisotopic (exact) mass is 328 g/mol. The molecule has 1 N–H and O–H groups in total. The Labute approximate surface area is 142 Å². The number of carbonyl (C=O) groups excluding carboxylic acids is 1. The molecule has 0 aromatic carbocycles. The highest BCUT2D eigenvalue weighted by Crippen LogP contribution is 2.11. The number of aliphatic carboxylic acids is 1. The van der Waals surface area contributed by atoms with Crippen LogP contribution in [-0.4, -0.2) is 23.7 Å². The van der Waals surface area contributed by atoms with E-state index in [0.717, 1.165) is 12.5 Å². The van der Waals surface area contributed by atoms with Crippen LogP contribution in [0.15, 0.2) is 12.7 Å². The van der Waals surface area contributed by atoms with Crippen molar-refractivity contribution in [1.82, 2.24) is 0 Å². The lowest BCUT2D eigenvalue weighted by Gasteiger charge is -2.03. The van der Waals surface area contributed by atoms with Gasteiger partial charge in [-0.15, -0.1) is 0 Å². The molecule has 0 amide bonds. The Balaban J connectivity index is 0. The second kappa shape index (κ2) is 20.7. The van der Waals surface area contributed by atoms with Crippen molar-refractivity contribution in [2.24, 2.45) is 0 Å². The first-order chi connectivity index (χ1) is 11.1. The summed E-state index contributed by atoms with van der Waals surface area (Å²) >= 11 is 0. The van der Waals surface area contributed by atoms with Gasteiger partial charge in [-0.1, -0.05) is 77.7 Å². The van der Waals surface area contributed by atoms with Crippen LogP contribution in [0, 0.1) is 0 Å². The van der Waals surface area contributed by atoms with E-state index >= 15 is 0 Å². The van der Waals surface area contributed by atoms with Gasteiger partial charge in [-0.3, -0.25) is 4.79 Å². The highest BCUT2D eigenvalue weighted by atomic mass is 16.5. The Kier molecular flexibility index (Phi) is 21.5. The molecule has 0 spiro atoms. The smallest absolute Gasteiger partial charge is 0.327 e. The Morgan fingerprint density at radius 2 is 1.26 bits per heavy atom. The van der Waals surface area contributed by atoms with Crippen molar-refractivity contribution >= 4 is 11.9 Å². The molecule has 0 unspecified atom stereocenters. The molecule has 0 rings (SSSR count). The van der Waals surface area contributed by atoms with Gasteiger partial charge in [-0.25, -0.2) is 4.79 Å². The lowest BCUT2D eigenvalue weighted by Crippen LogP contribution is -2.03. The van der Waals surface area contributed by atoms with Crippen molar-refractivity contribution in [3.8, 4) is 0 Å². The maximum atomic E-state index is 11.1. The molecule has 0 saturated heterocycles. The normalized spacial score (nSPS) is 9.65. The molecule has 4 nitrogen and oxygen atoms in total. The van der Waals surface area contributed by atoms with Crippen LogP contribution in [0.5, 0.6) is 0 Å². The molecule has 0 aliphatic heterocycles. The van der Waals surface area contributed by atoms with Crippen LogP contribution in [0.3, 0.4) is 0 Å². The van der Waals surface area contributed by atoms with Gasteiger partial charge >= 0.3 is 11.9 Å². The maximum absolute atomic E-state index is 11.1. The average molecular weight is 328 g/mol. The minimum atomic E-state index is -0.981. The summed E-state index contributed by atoms with van der Waals surface area (Å²) in [5.74, 6) is -1.02. The Morgan fingerprint density at radius 3 is 1.61 bits per heavy atom. The molecular weight excluding hydrogens is 292 g/mol. The van der Waals surface area contributed by atoms with E-state index < -0.39 is 5.97 Å². The predicted molar refractivity (Wildman–Crippen MR) is 95.5 cm³/mol. The summed E-state index contributed by atoms with van der Waals surface area (Å²) in [6.07, 6.45) is 15.9. The minimum absolute atomic E-state index is 0.0339. The van der Waals surface area contributed by atoms with Gasteiger partial charge in [0.25, 0.3) is 0 Å². The molecule has 0 aromatic rings. The standard InChI is InChI=1S/C16H32O2.C3H4O2/c1-3-5-6-7-8-9-10-11-12-13-14-15-16(17)18-4-2;1-2-3(4)5/h3-15H2,1-2H3;2H,1H2,(H,4,5). The zero-order valence-electron chi connectivity index (χ0n) is 15.1. The van der Waals surface area contributed by atoms with Gasteiger partial charge in [0.05, 0.1) is 6.61 Å². The van der Waals surface area contributed by atoms with E-state index in [1.165, 1.54) is 64.2 Å². The first-order valence-corrected chi connectivity index (χ1v) is 9.09. The topological polar surface area (TPSA) is 63.6 Å². The molecule has 4 heteroatoms. The number of hydrogen-bond donors (Lipinski definition) is 1. The third-order valence-corrected chi connectivity index (χ3v) is 3.46. The van der Waals surface area contributed by atoms with Crippen LogP contribution in [-0.2, 0) is 14.3 Å². The Bertz CT molecular complexity index is 287. The van der Waals surface area contributed by atoms with E-state index in [1.807, 2.05) is 6.92 Å². The van der Waals surface area contributed by atoms with Crippen molar-refractivity contribution in [3.63, 3.8) is 0 Å². The number of carboxylic acid groups (broad SMARTS) is 1. The summed E-state index contributed by atoms with van der Waals surface area (Å²) < 4.78 is 4.89. The molecule has 0 atom stereocenters. The van der Waals surface area contributed by atoms with Crippen molar-refractivity contribution in [2.75, 3.05) is 6.61 Å². The van der Waals surface area contributed by atoms with Crippen LogP contribution < -0.4 is 0 Å². The number of carbonyl (C=O) groups is 2. The highest BCUT2D eigenvalue weighted by molar-refractivity contribution is 5.78. The van der Waals surface area contributed by atoms with Crippen molar-refractivity contribution in [1.29, 1.82) is 0 Å². The molecule has 0 bridgehead atoms. The van der Waals surface area contributed by atoms with Gasteiger partial charge in [0.15, 0.2) is 0 Å². The van der Waals surface area contributed by atoms with E-state index in [9.17, 15) is 9.59 Å². The van der Waals surface area contributed by atoms with Crippen LogP contribution in [0.2, 0.25) is 0 Å². The summed E-state index contributed by atoms with van der Waals surface area (Å²) in [6, 6.07) is 0. The molecule has 0 aliphatic carbocycles. The SMILES string of the molecule is C=CC(=O)O.CCCCCCCCCCCCCC(=O)OCC. The lowest BCUT2D eigenvalue weighted by atomic mass is 10.1. The molecule has 0 heterocycles. The van der Waals surface area contributed by atoms with Gasteiger partial charge < -0.3 is 9.84 Å². The number of esters is 1. The number of carboxylic acids is 1. The third kappa shape index (κ3) is 25.9. The molecule has 0 aromatic heterocycles. The van der Waals surface area contributed by atoms with Gasteiger partial charge in [0.1, 0.15) is 0 Å². The molecule has 0 aliphatic rings. The fraction of sp³-hybridized carbons (Fsp3) is 0.789. The predicted octanol–water partition coefficient (Wildman–Crippen LogP) is 5.51. The Morgan fingerprint density at radius 1 is 0.870 bits per heavy atom. The second-order valence-corrected chi connectivity index (χ2v) is 5.63. The van der Waals surface area contributed by atoms with Gasteiger partial charge in [0.2, 0.25) is 0 Å². The first-order valence-electron chi connectivity index (χ1n) is 9.09. The summed E-state index contributed by atoms with van der Waals surface area (Å²) in [4.78, 5) is 20.3. The quantitative estimate of drug-likeness (QED) is 0.259. The number of unbranched alkanes of at least 4 members (excludes halogenated alkanes) is 10. The van der Waals surface area contributed by atoms with E-state index in [0.29, 0.717) is 13.0 Å². The minimum Gasteiger partial charge on any atom is -0.478 e. The van der Waals surface area contributed by atoms with Crippen molar-refractivity contribution < 1.29 is 19.4 Å². The van der Waals surface area contributed by atoms with Crippen molar-refractivity contribution in [3.05, 3.63) is 12.7 Å². The van der Waals surface area contributed by atoms with E-state index in [-0.39, 0.29) is 5.97 Å². The molecular formula is C19H36O4. The molecule has 136 valence electrons. The van der Waals surface area contributed by atoms with E-state index in [2.05, 4.69) is 13.5 Å². The van der Waals surface area contributed by atoms with Gasteiger partial charge in [-0.2, -0.15) is 0 Å². The highest BCUT2D eigenvalue weighted by Gasteiger charge is 2.00. The third-order valence-electron chi connectivity index (χ3n) is 3.46. The van der Waals surface area contributed by atoms with Crippen LogP contribution in [0.25, 0.3) is 0 Å². The molecule has 0 saturated carbocycles. The van der Waals surface area contributed by atoms with Crippen LogP contribution in [0.1, 0.15) is 90.9 Å². The van der Waals surface area contributed by atoms with E-state index in [4.69, 9.17) is 9.84 Å². The summed E-state index contributed by atoms with van der Waals surface area (Å²) in [5.41, 5.74) is 0. The molecule has 0 fully saturated rings. The zero-order chi connectivity index (χ0) is 17.8. The summed E-state index contributed by atoms with van der Waals surface area (Å²) in [7, 11) is 0. The Hall–Kier alpha value is -1.32. The van der Waals surface area contributed by atoms with Crippen molar-refractivity contribution in [2.45, 2.75) is 90.9 Å². The van der Waals surface area contributed by atoms with Crippen LogP contribution >= 0.6 is 0 Å². The fourth-order valence-corrected chi connectivity index (χ4v) is 2.17.